The van der Waals surface area contributed by atoms with Crippen molar-refractivity contribution in [1.82, 2.24) is 25.1 Å². The average molecular weight is 450 g/mol. The van der Waals surface area contributed by atoms with Crippen LogP contribution in [0.15, 0.2) is 23.7 Å². The summed E-state index contributed by atoms with van der Waals surface area (Å²) < 4.78 is 7.33. The normalized spacial score (nSPS) is 15.3. The smallest absolute Gasteiger partial charge is 0.410 e. The van der Waals surface area contributed by atoms with Crippen molar-refractivity contribution < 1.29 is 9.53 Å². The predicted octanol–water partition coefficient (Wildman–Crippen LogP) is 1.29. The fourth-order valence-corrected chi connectivity index (χ4v) is 2.16. The number of imidazole rings is 1. The van der Waals surface area contributed by atoms with Crippen molar-refractivity contribution in [3.63, 3.8) is 0 Å². The Labute approximate surface area is 160 Å². The van der Waals surface area contributed by atoms with E-state index in [-0.39, 0.29) is 36.1 Å². The van der Waals surface area contributed by atoms with Gasteiger partial charge in [-0.1, -0.05) is 0 Å². The largest absolute Gasteiger partial charge is 0.444 e. The van der Waals surface area contributed by atoms with E-state index in [1.807, 2.05) is 31.5 Å². The topological polar surface area (TPSA) is 83.8 Å². The second-order valence-electron chi connectivity index (χ2n) is 6.53. The van der Waals surface area contributed by atoms with E-state index in [4.69, 9.17) is 4.74 Å². The highest BCUT2D eigenvalue weighted by Gasteiger charge is 2.34. The van der Waals surface area contributed by atoms with Gasteiger partial charge in [-0.05, 0) is 20.8 Å². The van der Waals surface area contributed by atoms with Crippen molar-refractivity contribution in [1.29, 1.82) is 0 Å². The molecule has 2 heterocycles. The molecule has 136 valence electrons. The van der Waals surface area contributed by atoms with Gasteiger partial charge in [0, 0.05) is 45.6 Å². The van der Waals surface area contributed by atoms with Crippen LogP contribution in [0.3, 0.4) is 0 Å². The SMILES string of the molecule is CN=C(NCCn1ccnc1)NC1CN(C(=O)OC(C)(C)C)C1.I. The number of rotatable bonds is 4. The summed E-state index contributed by atoms with van der Waals surface area (Å²) in [6.45, 7) is 8.41. The number of aromatic nitrogens is 2. The van der Waals surface area contributed by atoms with Crippen LogP contribution in [-0.4, -0.2) is 64.8 Å². The van der Waals surface area contributed by atoms with E-state index in [1.165, 1.54) is 0 Å². The molecule has 0 spiro atoms. The maximum absolute atomic E-state index is 11.9. The van der Waals surface area contributed by atoms with Gasteiger partial charge < -0.3 is 24.8 Å². The summed E-state index contributed by atoms with van der Waals surface area (Å²) in [5, 5.41) is 6.54. The molecule has 1 aliphatic rings. The molecule has 0 saturated carbocycles. The van der Waals surface area contributed by atoms with Gasteiger partial charge in [-0.25, -0.2) is 9.78 Å². The van der Waals surface area contributed by atoms with Crippen LogP contribution in [0.2, 0.25) is 0 Å². The van der Waals surface area contributed by atoms with Crippen LogP contribution in [0, 0.1) is 0 Å². The summed E-state index contributed by atoms with van der Waals surface area (Å²) in [4.78, 5) is 21.7. The number of hydrogen-bond donors (Lipinski definition) is 2. The lowest BCUT2D eigenvalue weighted by atomic mass is 10.1. The monoisotopic (exact) mass is 450 g/mol. The number of hydrogen-bond acceptors (Lipinski definition) is 4. The Morgan fingerprint density at radius 3 is 2.67 bits per heavy atom. The molecule has 1 aliphatic heterocycles. The Bertz CT molecular complexity index is 535. The van der Waals surface area contributed by atoms with E-state index in [9.17, 15) is 4.79 Å². The molecule has 1 aromatic heterocycles. The Morgan fingerprint density at radius 2 is 2.12 bits per heavy atom. The van der Waals surface area contributed by atoms with Gasteiger partial charge >= 0.3 is 6.09 Å². The molecule has 2 N–H and O–H groups in total. The zero-order chi connectivity index (χ0) is 16.9. The summed E-state index contributed by atoms with van der Waals surface area (Å²) in [5.41, 5.74) is -0.458. The predicted molar refractivity (Wildman–Crippen MR) is 104 cm³/mol. The molecule has 1 amide bonds. The van der Waals surface area contributed by atoms with Crippen molar-refractivity contribution in [3.8, 4) is 0 Å². The number of likely N-dealkylation sites (tertiary alicyclic amines) is 1. The zero-order valence-corrected chi connectivity index (χ0v) is 17.0. The summed E-state index contributed by atoms with van der Waals surface area (Å²) >= 11 is 0. The standard InChI is InChI=1S/C15H26N6O2.HI/c1-15(2,3)23-14(22)21-9-12(10-21)19-13(16-4)18-6-8-20-7-5-17-11-20;/h5,7,11-12H,6,8-10H2,1-4H3,(H2,16,18,19);1H. The summed E-state index contributed by atoms with van der Waals surface area (Å²) in [6, 6.07) is 0.196. The number of halogens is 1. The van der Waals surface area contributed by atoms with Gasteiger partial charge in [-0.15, -0.1) is 24.0 Å². The maximum Gasteiger partial charge on any atom is 0.410 e. The molecule has 1 fully saturated rings. The average Bonchev–Trinajstić information content (AvgIpc) is 2.91. The van der Waals surface area contributed by atoms with Crippen molar-refractivity contribution in [2.24, 2.45) is 4.99 Å². The Morgan fingerprint density at radius 1 is 1.42 bits per heavy atom. The highest BCUT2D eigenvalue weighted by molar-refractivity contribution is 14.0. The molecule has 0 aliphatic carbocycles. The van der Waals surface area contributed by atoms with Crippen LogP contribution in [0.5, 0.6) is 0 Å². The number of nitrogens with one attached hydrogen (secondary N) is 2. The first-order valence-corrected chi connectivity index (χ1v) is 7.78. The van der Waals surface area contributed by atoms with Crippen LogP contribution in [0.4, 0.5) is 4.79 Å². The van der Waals surface area contributed by atoms with Crippen LogP contribution in [0.25, 0.3) is 0 Å². The Balaban J connectivity index is 0.00000288. The minimum atomic E-state index is -0.458. The molecule has 9 heteroatoms. The minimum Gasteiger partial charge on any atom is -0.444 e. The van der Waals surface area contributed by atoms with Crippen molar-refractivity contribution in [2.75, 3.05) is 26.7 Å². The van der Waals surface area contributed by atoms with Crippen LogP contribution in [0.1, 0.15) is 20.8 Å². The lowest BCUT2D eigenvalue weighted by molar-refractivity contribution is 0.00701. The summed E-state index contributed by atoms with van der Waals surface area (Å²) in [5.74, 6) is 0.735. The third-order valence-corrected chi connectivity index (χ3v) is 3.32. The van der Waals surface area contributed by atoms with Gasteiger partial charge in [-0.3, -0.25) is 4.99 Å². The maximum atomic E-state index is 11.9. The Kier molecular flexibility index (Phi) is 7.77. The van der Waals surface area contributed by atoms with Gasteiger partial charge in [0.15, 0.2) is 5.96 Å². The third-order valence-electron chi connectivity index (χ3n) is 3.32. The molecule has 0 unspecified atom stereocenters. The van der Waals surface area contributed by atoms with E-state index in [1.54, 1.807) is 24.5 Å². The van der Waals surface area contributed by atoms with Crippen LogP contribution < -0.4 is 10.6 Å². The molecule has 8 nitrogen and oxygen atoms in total. The van der Waals surface area contributed by atoms with Crippen LogP contribution >= 0.6 is 24.0 Å². The third kappa shape index (κ3) is 6.54. The van der Waals surface area contributed by atoms with Gasteiger partial charge in [0.25, 0.3) is 0 Å². The Hall–Kier alpha value is -1.52. The van der Waals surface area contributed by atoms with E-state index in [0.717, 1.165) is 19.0 Å². The number of carbonyl (C=O) groups excluding carboxylic acids is 1. The fourth-order valence-electron chi connectivity index (χ4n) is 2.16. The lowest BCUT2D eigenvalue weighted by Gasteiger charge is -2.40. The molecule has 24 heavy (non-hydrogen) atoms. The molecule has 0 radical (unpaired) electrons. The van der Waals surface area contributed by atoms with Crippen molar-refractivity contribution in [2.45, 2.75) is 39.0 Å². The molecule has 0 bridgehead atoms. The fraction of sp³-hybridized carbons (Fsp3) is 0.667. The van der Waals surface area contributed by atoms with E-state index in [0.29, 0.717) is 13.1 Å². The molecular weight excluding hydrogens is 423 g/mol. The van der Waals surface area contributed by atoms with E-state index in [2.05, 4.69) is 20.6 Å². The number of guanidine groups is 1. The summed E-state index contributed by atoms with van der Waals surface area (Å²) in [6.07, 6.45) is 5.19. The molecular formula is C15H27IN6O2. The molecule has 0 aromatic carbocycles. The van der Waals surface area contributed by atoms with Gasteiger partial charge in [-0.2, -0.15) is 0 Å². The van der Waals surface area contributed by atoms with Gasteiger partial charge in [0.2, 0.25) is 0 Å². The highest BCUT2D eigenvalue weighted by Crippen LogP contribution is 2.15. The zero-order valence-electron chi connectivity index (χ0n) is 14.7. The summed E-state index contributed by atoms with van der Waals surface area (Å²) in [7, 11) is 1.73. The molecule has 2 rings (SSSR count). The molecule has 1 saturated heterocycles. The van der Waals surface area contributed by atoms with Gasteiger partial charge in [0.05, 0.1) is 12.4 Å². The lowest BCUT2D eigenvalue weighted by Crippen LogP contribution is -2.63. The second-order valence-corrected chi connectivity index (χ2v) is 6.53. The molecule has 1 aromatic rings. The number of amides is 1. The molecule has 0 atom stereocenters. The van der Waals surface area contributed by atoms with E-state index < -0.39 is 5.60 Å². The second kappa shape index (κ2) is 9.09. The number of carbonyl (C=O) groups is 1. The minimum absolute atomic E-state index is 0. The number of nitrogens with zero attached hydrogens (tertiary/aromatic N) is 4. The van der Waals surface area contributed by atoms with Gasteiger partial charge in [0.1, 0.15) is 5.60 Å². The van der Waals surface area contributed by atoms with Crippen molar-refractivity contribution in [3.05, 3.63) is 18.7 Å². The van der Waals surface area contributed by atoms with E-state index >= 15 is 0 Å². The number of ether oxygens (including phenoxy) is 1. The van der Waals surface area contributed by atoms with Crippen LogP contribution in [-0.2, 0) is 11.3 Å². The first kappa shape index (κ1) is 20.5. The highest BCUT2D eigenvalue weighted by atomic mass is 127. The first-order chi connectivity index (χ1) is 10.9. The number of aliphatic imine (C=N–C) groups is 1. The first-order valence-electron chi connectivity index (χ1n) is 7.78. The quantitative estimate of drug-likeness (QED) is 0.411. The van der Waals surface area contributed by atoms with Crippen molar-refractivity contribution >= 4 is 36.0 Å².